The number of carbonyl (C=O) groups is 1. The molecular weight excluding hydrogens is 240 g/mol. The summed E-state index contributed by atoms with van der Waals surface area (Å²) in [7, 11) is 1.39. The van der Waals surface area contributed by atoms with Gasteiger partial charge in [0.1, 0.15) is 0 Å². The van der Waals surface area contributed by atoms with E-state index in [9.17, 15) is 4.79 Å². The smallest absolute Gasteiger partial charge is 0.313 e. The van der Waals surface area contributed by atoms with Gasteiger partial charge < -0.3 is 10.5 Å². The number of hydrogen-bond donors (Lipinski definition) is 1. The highest BCUT2D eigenvalue weighted by molar-refractivity contribution is 5.83. The highest BCUT2D eigenvalue weighted by Crippen LogP contribution is 2.27. The molecule has 1 atom stereocenters. The average molecular weight is 258 g/mol. The topological polar surface area (TPSA) is 65.2 Å². The van der Waals surface area contributed by atoms with Crippen LogP contribution >= 0.6 is 0 Å². The van der Waals surface area contributed by atoms with E-state index in [0.29, 0.717) is 6.42 Å². The minimum atomic E-state index is -0.709. The van der Waals surface area contributed by atoms with E-state index in [4.69, 9.17) is 10.5 Å². The van der Waals surface area contributed by atoms with Crippen LogP contribution in [0.25, 0.3) is 10.9 Å². The molecule has 4 heteroatoms. The predicted octanol–water partition coefficient (Wildman–Crippen LogP) is 1.92. The van der Waals surface area contributed by atoms with Gasteiger partial charge in [-0.15, -0.1) is 0 Å². The van der Waals surface area contributed by atoms with Gasteiger partial charge in [0.2, 0.25) is 0 Å². The second-order valence-corrected chi connectivity index (χ2v) is 4.92. The van der Waals surface area contributed by atoms with Crippen LogP contribution in [0.15, 0.2) is 36.5 Å². The zero-order valence-electron chi connectivity index (χ0n) is 11.2. The van der Waals surface area contributed by atoms with Gasteiger partial charge in [-0.25, -0.2) is 0 Å². The zero-order valence-corrected chi connectivity index (χ0v) is 11.2. The van der Waals surface area contributed by atoms with E-state index in [0.717, 1.165) is 16.5 Å². The van der Waals surface area contributed by atoms with Crippen LogP contribution in [0.1, 0.15) is 12.5 Å². The summed E-state index contributed by atoms with van der Waals surface area (Å²) in [6.45, 7) is 2.07. The lowest BCUT2D eigenvalue weighted by atomic mass is 9.83. The number of pyridine rings is 1. The first kappa shape index (κ1) is 13.5. The second-order valence-electron chi connectivity index (χ2n) is 4.92. The molecule has 0 aliphatic heterocycles. The lowest BCUT2D eigenvalue weighted by Gasteiger charge is -2.25. The molecular formula is C15H18N2O2. The Bertz CT molecular complexity index is 592. The third-order valence-corrected chi connectivity index (χ3v) is 3.45. The molecule has 0 spiro atoms. The second kappa shape index (κ2) is 5.36. The fraction of sp³-hybridized carbons (Fsp3) is 0.333. The van der Waals surface area contributed by atoms with Gasteiger partial charge in [-0.05, 0) is 31.0 Å². The van der Waals surface area contributed by atoms with Crippen LogP contribution in [0.5, 0.6) is 0 Å². The maximum absolute atomic E-state index is 11.9. The maximum atomic E-state index is 11.9. The zero-order chi connectivity index (χ0) is 13.9. The molecule has 0 fully saturated rings. The van der Waals surface area contributed by atoms with Crippen LogP contribution in [-0.2, 0) is 16.0 Å². The fourth-order valence-electron chi connectivity index (χ4n) is 2.20. The molecule has 19 heavy (non-hydrogen) atoms. The molecule has 1 heterocycles. The van der Waals surface area contributed by atoms with E-state index >= 15 is 0 Å². The normalized spacial score (nSPS) is 14.1. The number of hydrogen-bond acceptors (Lipinski definition) is 4. The number of nitrogens with two attached hydrogens (primary N) is 1. The number of methoxy groups -OCH3 is 1. The fourth-order valence-corrected chi connectivity index (χ4v) is 2.20. The van der Waals surface area contributed by atoms with Crippen molar-refractivity contribution in [2.45, 2.75) is 13.3 Å². The first-order valence-corrected chi connectivity index (χ1v) is 6.22. The summed E-state index contributed by atoms with van der Waals surface area (Å²) in [5.41, 5.74) is 7.03. The Morgan fingerprint density at radius 1 is 1.37 bits per heavy atom. The van der Waals surface area contributed by atoms with Gasteiger partial charge in [0.25, 0.3) is 0 Å². The van der Waals surface area contributed by atoms with Gasteiger partial charge in [-0.3, -0.25) is 9.78 Å². The summed E-state index contributed by atoms with van der Waals surface area (Å²) >= 11 is 0. The minimum absolute atomic E-state index is 0.246. The maximum Gasteiger partial charge on any atom is 0.313 e. The summed E-state index contributed by atoms with van der Waals surface area (Å²) in [5.74, 6) is -0.282. The first-order chi connectivity index (χ1) is 9.10. The van der Waals surface area contributed by atoms with Crippen molar-refractivity contribution in [3.63, 3.8) is 0 Å². The minimum Gasteiger partial charge on any atom is -0.469 e. The molecule has 0 bridgehead atoms. The first-order valence-electron chi connectivity index (χ1n) is 6.22. The molecule has 0 radical (unpaired) electrons. The lowest BCUT2D eigenvalue weighted by molar-refractivity contribution is -0.151. The van der Waals surface area contributed by atoms with Crippen LogP contribution in [-0.4, -0.2) is 24.6 Å². The number of carbonyl (C=O) groups excluding carboxylic acids is 1. The number of para-hydroxylation sites is 1. The Hall–Kier alpha value is -1.94. The van der Waals surface area contributed by atoms with Crippen molar-refractivity contribution < 1.29 is 9.53 Å². The van der Waals surface area contributed by atoms with Crippen LogP contribution in [0.4, 0.5) is 0 Å². The Kier molecular flexibility index (Phi) is 3.81. The van der Waals surface area contributed by atoms with Gasteiger partial charge in [0.05, 0.1) is 18.0 Å². The van der Waals surface area contributed by atoms with Crippen LogP contribution < -0.4 is 5.73 Å². The molecule has 1 aromatic carbocycles. The van der Waals surface area contributed by atoms with Crippen LogP contribution in [0.3, 0.4) is 0 Å². The molecule has 0 aliphatic rings. The molecule has 0 saturated carbocycles. The molecule has 0 amide bonds. The highest BCUT2D eigenvalue weighted by atomic mass is 16.5. The highest BCUT2D eigenvalue weighted by Gasteiger charge is 2.33. The van der Waals surface area contributed by atoms with Crippen molar-refractivity contribution in [3.8, 4) is 0 Å². The third-order valence-electron chi connectivity index (χ3n) is 3.45. The third kappa shape index (κ3) is 2.58. The van der Waals surface area contributed by atoms with Crippen LogP contribution in [0.2, 0.25) is 0 Å². The number of aromatic nitrogens is 1. The van der Waals surface area contributed by atoms with Gasteiger partial charge in [-0.1, -0.05) is 18.2 Å². The monoisotopic (exact) mass is 258 g/mol. The Balaban J connectivity index is 2.43. The summed E-state index contributed by atoms with van der Waals surface area (Å²) in [4.78, 5) is 16.2. The summed E-state index contributed by atoms with van der Waals surface area (Å²) < 4.78 is 4.86. The molecule has 100 valence electrons. The van der Waals surface area contributed by atoms with Crippen molar-refractivity contribution in [1.82, 2.24) is 4.98 Å². The summed E-state index contributed by atoms with van der Waals surface area (Å²) in [5, 5.41) is 1.05. The van der Waals surface area contributed by atoms with Crippen molar-refractivity contribution in [1.29, 1.82) is 0 Å². The number of fused-ring (bicyclic) bond motifs is 1. The molecule has 1 unspecified atom stereocenters. The standard InChI is InChI=1S/C15H18N2O2/c1-15(10-16,14(18)19-2)9-11-7-8-17-13-6-4-3-5-12(11)13/h3-8H,9-10,16H2,1-2H3. The Morgan fingerprint density at radius 3 is 2.79 bits per heavy atom. The largest absolute Gasteiger partial charge is 0.469 e. The van der Waals surface area contributed by atoms with E-state index in [2.05, 4.69) is 4.98 Å². The molecule has 2 aromatic rings. The van der Waals surface area contributed by atoms with E-state index in [-0.39, 0.29) is 12.5 Å². The number of esters is 1. The van der Waals surface area contributed by atoms with Crippen molar-refractivity contribution in [2.75, 3.05) is 13.7 Å². The molecule has 2 N–H and O–H groups in total. The molecule has 2 rings (SSSR count). The van der Waals surface area contributed by atoms with Gasteiger partial charge in [0, 0.05) is 18.1 Å². The predicted molar refractivity (Wildman–Crippen MR) is 74.6 cm³/mol. The average Bonchev–Trinajstić information content (AvgIpc) is 2.46. The Labute approximate surface area is 112 Å². The molecule has 0 saturated heterocycles. The SMILES string of the molecule is COC(=O)C(C)(CN)Cc1ccnc2ccccc12. The number of rotatable bonds is 4. The Morgan fingerprint density at radius 2 is 2.11 bits per heavy atom. The van der Waals surface area contributed by atoms with Gasteiger partial charge >= 0.3 is 5.97 Å². The molecule has 0 aliphatic carbocycles. The van der Waals surface area contributed by atoms with E-state index in [1.807, 2.05) is 37.3 Å². The van der Waals surface area contributed by atoms with Gasteiger partial charge in [-0.2, -0.15) is 0 Å². The van der Waals surface area contributed by atoms with E-state index in [1.54, 1.807) is 6.20 Å². The van der Waals surface area contributed by atoms with Crippen molar-refractivity contribution >= 4 is 16.9 Å². The quantitative estimate of drug-likeness (QED) is 0.851. The van der Waals surface area contributed by atoms with Gasteiger partial charge in [0.15, 0.2) is 0 Å². The summed E-state index contributed by atoms with van der Waals surface area (Å²) in [6, 6.07) is 9.80. The van der Waals surface area contributed by atoms with Crippen molar-refractivity contribution in [2.24, 2.45) is 11.1 Å². The molecule has 1 aromatic heterocycles. The number of benzene rings is 1. The summed E-state index contributed by atoms with van der Waals surface area (Å²) in [6.07, 6.45) is 2.30. The van der Waals surface area contributed by atoms with E-state index < -0.39 is 5.41 Å². The van der Waals surface area contributed by atoms with E-state index in [1.165, 1.54) is 7.11 Å². The number of ether oxygens (including phenoxy) is 1. The van der Waals surface area contributed by atoms with Crippen LogP contribution in [0, 0.1) is 5.41 Å². The number of nitrogens with zero attached hydrogens (tertiary/aromatic N) is 1. The molecule has 4 nitrogen and oxygen atoms in total. The van der Waals surface area contributed by atoms with Crippen molar-refractivity contribution in [3.05, 3.63) is 42.1 Å². The lowest BCUT2D eigenvalue weighted by Crippen LogP contribution is -2.38.